The van der Waals surface area contributed by atoms with Gasteiger partial charge >= 0.3 is 0 Å². The van der Waals surface area contributed by atoms with E-state index in [1.807, 2.05) is 17.8 Å². The van der Waals surface area contributed by atoms with E-state index in [-0.39, 0.29) is 0 Å². The van der Waals surface area contributed by atoms with Crippen molar-refractivity contribution >= 4 is 0 Å². The first kappa shape index (κ1) is 12.6. The van der Waals surface area contributed by atoms with Crippen LogP contribution in [0.1, 0.15) is 32.5 Å². The molecule has 0 radical (unpaired) electrons. The third kappa shape index (κ3) is 2.69. The van der Waals surface area contributed by atoms with Gasteiger partial charge in [-0.3, -0.25) is 0 Å². The Hall–Kier alpha value is -0.870. The molecule has 2 heterocycles. The highest BCUT2D eigenvalue weighted by Gasteiger charge is 2.36. The van der Waals surface area contributed by atoms with Gasteiger partial charge in [0.1, 0.15) is 11.4 Å². The molecule has 4 heteroatoms. The highest BCUT2D eigenvalue weighted by molar-refractivity contribution is 5.06. The monoisotopic (exact) mass is 237 g/mol. The second-order valence-electron chi connectivity index (χ2n) is 5.59. The molecule has 0 atom stereocenters. The summed E-state index contributed by atoms with van der Waals surface area (Å²) in [7, 11) is 1.95. The van der Waals surface area contributed by atoms with Gasteiger partial charge in [0.25, 0.3) is 0 Å². The fourth-order valence-electron chi connectivity index (χ4n) is 2.66. The minimum Gasteiger partial charge on any atom is -0.382 e. The molecule has 0 aromatic carbocycles. The number of nitrogens with zero attached hydrogens (tertiary/aromatic N) is 3. The first-order valence-corrected chi connectivity index (χ1v) is 6.44. The quantitative estimate of drug-likeness (QED) is 0.863. The molecule has 2 rings (SSSR count). The Balaban J connectivity index is 2.00. The summed E-state index contributed by atoms with van der Waals surface area (Å²) in [6, 6.07) is 0. The molecule has 4 nitrogen and oxygen atoms in total. The molecule has 0 spiro atoms. The van der Waals surface area contributed by atoms with Gasteiger partial charge in [-0.1, -0.05) is 13.8 Å². The maximum absolute atomic E-state index is 10.7. The van der Waals surface area contributed by atoms with Gasteiger partial charge in [0.2, 0.25) is 0 Å². The van der Waals surface area contributed by atoms with E-state index in [2.05, 4.69) is 23.7 Å². The van der Waals surface area contributed by atoms with Crippen LogP contribution in [-0.2, 0) is 12.6 Å². The lowest BCUT2D eigenvalue weighted by Gasteiger charge is -2.38. The largest absolute Gasteiger partial charge is 0.382 e. The maximum Gasteiger partial charge on any atom is 0.140 e. The molecule has 1 aliphatic heterocycles. The van der Waals surface area contributed by atoms with Crippen molar-refractivity contribution in [1.29, 1.82) is 0 Å². The third-order valence-electron chi connectivity index (χ3n) is 3.54. The van der Waals surface area contributed by atoms with Gasteiger partial charge in [-0.05, 0) is 18.8 Å². The van der Waals surface area contributed by atoms with E-state index in [0.717, 1.165) is 38.3 Å². The number of aryl methyl sites for hydroxylation is 1. The topological polar surface area (TPSA) is 41.3 Å². The lowest BCUT2D eigenvalue weighted by atomic mass is 9.90. The van der Waals surface area contributed by atoms with Crippen LogP contribution >= 0.6 is 0 Å². The number of aliphatic hydroxyl groups is 1. The van der Waals surface area contributed by atoms with Crippen LogP contribution < -0.4 is 0 Å². The van der Waals surface area contributed by atoms with Crippen molar-refractivity contribution in [2.45, 2.75) is 32.3 Å². The number of piperidine rings is 1. The van der Waals surface area contributed by atoms with Gasteiger partial charge in [-0.25, -0.2) is 4.98 Å². The summed E-state index contributed by atoms with van der Waals surface area (Å²) in [5.41, 5.74) is -0.730. The zero-order valence-corrected chi connectivity index (χ0v) is 11.1. The minimum atomic E-state index is -0.730. The third-order valence-corrected chi connectivity index (χ3v) is 3.54. The molecule has 1 N–H and O–H groups in total. The standard InChI is InChI=1S/C13H23N3O/c1-11(2)10-16-7-4-13(17,5-8-16)12-14-6-9-15(12)3/h6,9,11,17H,4-5,7-8,10H2,1-3H3. The van der Waals surface area contributed by atoms with Crippen LogP contribution in [0, 0.1) is 5.92 Å². The lowest BCUT2D eigenvalue weighted by molar-refractivity contribution is -0.0367. The average molecular weight is 237 g/mol. The molecule has 0 unspecified atom stereocenters. The van der Waals surface area contributed by atoms with Crippen LogP contribution in [0.5, 0.6) is 0 Å². The van der Waals surface area contributed by atoms with E-state index >= 15 is 0 Å². The molecule has 0 saturated carbocycles. The van der Waals surface area contributed by atoms with Gasteiger partial charge in [-0.15, -0.1) is 0 Å². The Labute approximate surface area is 103 Å². The van der Waals surface area contributed by atoms with Crippen LogP contribution in [0.25, 0.3) is 0 Å². The number of imidazole rings is 1. The Bertz CT molecular complexity index is 364. The van der Waals surface area contributed by atoms with Crippen molar-refractivity contribution in [3.63, 3.8) is 0 Å². The fourth-order valence-corrected chi connectivity index (χ4v) is 2.66. The van der Waals surface area contributed by atoms with Gasteiger partial charge < -0.3 is 14.6 Å². The van der Waals surface area contributed by atoms with Gasteiger partial charge in [0.15, 0.2) is 0 Å². The molecule has 0 amide bonds. The van der Waals surface area contributed by atoms with Gasteiger partial charge in [0.05, 0.1) is 0 Å². The highest BCUT2D eigenvalue weighted by atomic mass is 16.3. The van der Waals surface area contributed by atoms with Crippen molar-refractivity contribution in [2.24, 2.45) is 13.0 Å². The minimum absolute atomic E-state index is 0.689. The van der Waals surface area contributed by atoms with Crippen molar-refractivity contribution in [3.8, 4) is 0 Å². The first-order valence-electron chi connectivity index (χ1n) is 6.44. The Morgan fingerprint density at radius 3 is 2.53 bits per heavy atom. The van der Waals surface area contributed by atoms with Crippen molar-refractivity contribution in [1.82, 2.24) is 14.5 Å². The number of rotatable bonds is 3. The van der Waals surface area contributed by atoms with Crippen LogP contribution in [0.15, 0.2) is 12.4 Å². The molecule has 96 valence electrons. The normalized spacial score (nSPS) is 21.0. The smallest absolute Gasteiger partial charge is 0.140 e. The lowest BCUT2D eigenvalue weighted by Crippen LogP contribution is -2.44. The van der Waals surface area contributed by atoms with Crippen LogP contribution in [0.4, 0.5) is 0 Å². The zero-order chi connectivity index (χ0) is 12.5. The summed E-state index contributed by atoms with van der Waals surface area (Å²) in [6.07, 6.45) is 5.22. The van der Waals surface area contributed by atoms with E-state index in [9.17, 15) is 5.11 Å². The molecule has 1 aromatic rings. The Morgan fingerprint density at radius 1 is 1.41 bits per heavy atom. The summed E-state index contributed by atoms with van der Waals surface area (Å²) in [6.45, 7) is 7.51. The molecule has 17 heavy (non-hydrogen) atoms. The predicted molar refractivity (Wildman–Crippen MR) is 67.6 cm³/mol. The van der Waals surface area contributed by atoms with E-state index in [4.69, 9.17) is 0 Å². The summed E-state index contributed by atoms with van der Waals surface area (Å²) in [5.74, 6) is 1.50. The number of likely N-dealkylation sites (tertiary alicyclic amines) is 1. The maximum atomic E-state index is 10.7. The second-order valence-corrected chi connectivity index (χ2v) is 5.59. The summed E-state index contributed by atoms with van der Waals surface area (Å²) in [5, 5.41) is 10.7. The van der Waals surface area contributed by atoms with E-state index < -0.39 is 5.60 Å². The second kappa shape index (κ2) is 4.78. The molecular weight excluding hydrogens is 214 g/mol. The number of aromatic nitrogens is 2. The number of hydrogen-bond donors (Lipinski definition) is 1. The van der Waals surface area contributed by atoms with Crippen LogP contribution in [0.2, 0.25) is 0 Å². The summed E-state index contributed by atoms with van der Waals surface area (Å²) < 4.78 is 1.93. The Kier molecular flexibility index (Phi) is 3.54. The molecule has 0 bridgehead atoms. The van der Waals surface area contributed by atoms with Crippen molar-refractivity contribution in [2.75, 3.05) is 19.6 Å². The Morgan fingerprint density at radius 2 is 2.06 bits per heavy atom. The molecular formula is C13H23N3O. The van der Waals surface area contributed by atoms with E-state index in [1.165, 1.54) is 0 Å². The number of hydrogen-bond acceptors (Lipinski definition) is 3. The predicted octanol–water partition coefficient (Wildman–Crippen LogP) is 1.36. The SMILES string of the molecule is CC(C)CN1CCC(O)(c2nccn2C)CC1. The molecule has 1 saturated heterocycles. The molecule has 0 aliphatic carbocycles. The first-order chi connectivity index (χ1) is 8.01. The van der Waals surface area contributed by atoms with Crippen LogP contribution in [0.3, 0.4) is 0 Å². The molecule has 1 fully saturated rings. The van der Waals surface area contributed by atoms with E-state index in [1.54, 1.807) is 6.20 Å². The molecule has 1 aliphatic rings. The average Bonchev–Trinajstić information content (AvgIpc) is 2.68. The van der Waals surface area contributed by atoms with Crippen LogP contribution in [-0.4, -0.2) is 39.2 Å². The zero-order valence-electron chi connectivity index (χ0n) is 11.1. The summed E-state index contributed by atoms with van der Waals surface area (Å²) >= 11 is 0. The van der Waals surface area contributed by atoms with E-state index in [0.29, 0.717) is 5.92 Å². The van der Waals surface area contributed by atoms with Gasteiger partial charge in [-0.2, -0.15) is 0 Å². The molecule has 1 aromatic heterocycles. The van der Waals surface area contributed by atoms with Gasteiger partial charge in [0, 0.05) is 39.1 Å². The van der Waals surface area contributed by atoms with Crippen molar-refractivity contribution < 1.29 is 5.11 Å². The van der Waals surface area contributed by atoms with Crippen molar-refractivity contribution in [3.05, 3.63) is 18.2 Å². The fraction of sp³-hybridized carbons (Fsp3) is 0.769. The summed E-state index contributed by atoms with van der Waals surface area (Å²) in [4.78, 5) is 6.72. The highest BCUT2D eigenvalue weighted by Crippen LogP contribution is 2.31.